The molecular formula is C13H19NO4S. The number of nitrogens with zero attached hydrogens (tertiary/aromatic N) is 1. The van der Waals surface area contributed by atoms with Crippen LogP contribution in [-0.2, 0) is 9.84 Å². The number of carbonyl (C=O) groups is 1. The highest BCUT2D eigenvalue weighted by atomic mass is 32.2. The number of aliphatic hydroxyl groups is 1. The number of sulfone groups is 1. The van der Waals surface area contributed by atoms with Crippen LogP contribution in [0, 0.1) is 0 Å². The lowest BCUT2D eigenvalue weighted by atomic mass is 10.1. The molecule has 106 valence electrons. The van der Waals surface area contributed by atoms with Gasteiger partial charge in [-0.15, -0.1) is 0 Å². The molecular weight excluding hydrogens is 266 g/mol. The molecule has 0 saturated heterocycles. The first-order valence-corrected chi connectivity index (χ1v) is 7.68. The SMILES string of the molecule is CN(CC(C)(C)O)C(=O)c1ccc(S(C)(=O)=O)cc1. The highest BCUT2D eigenvalue weighted by Crippen LogP contribution is 2.13. The van der Waals surface area contributed by atoms with Gasteiger partial charge in [0, 0.05) is 25.4 Å². The number of rotatable bonds is 4. The molecule has 0 aliphatic heterocycles. The van der Waals surface area contributed by atoms with Gasteiger partial charge in [-0.3, -0.25) is 4.79 Å². The van der Waals surface area contributed by atoms with E-state index in [9.17, 15) is 18.3 Å². The number of hydrogen-bond acceptors (Lipinski definition) is 4. The van der Waals surface area contributed by atoms with E-state index in [0.29, 0.717) is 5.56 Å². The standard InChI is InChI=1S/C13H19NO4S/c1-13(2,16)9-14(3)12(15)10-5-7-11(8-6-10)19(4,17)18/h5-8,16H,9H2,1-4H3. The van der Waals surface area contributed by atoms with Crippen molar-refractivity contribution >= 4 is 15.7 Å². The third kappa shape index (κ3) is 4.65. The molecule has 0 aliphatic rings. The maximum absolute atomic E-state index is 12.0. The zero-order chi connectivity index (χ0) is 14.8. The van der Waals surface area contributed by atoms with Crippen LogP contribution in [0.2, 0.25) is 0 Å². The third-order valence-corrected chi connectivity index (χ3v) is 3.63. The maximum Gasteiger partial charge on any atom is 0.253 e. The molecule has 0 aromatic heterocycles. The first-order valence-electron chi connectivity index (χ1n) is 5.79. The molecule has 19 heavy (non-hydrogen) atoms. The molecule has 0 unspecified atom stereocenters. The summed E-state index contributed by atoms with van der Waals surface area (Å²) < 4.78 is 22.6. The van der Waals surface area contributed by atoms with Crippen molar-refractivity contribution < 1.29 is 18.3 Å². The first kappa shape index (κ1) is 15.7. The van der Waals surface area contributed by atoms with E-state index < -0.39 is 15.4 Å². The second-order valence-corrected chi connectivity index (χ2v) is 7.29. The molecule has 0 aliphatic carbocycles. The first-order chi connectivity index (χ1) is 8.50. The van der Waals surface area contributed by atoms with Gasteiger partial charge in [0.2, 0.25) is 0 Å². The number of benzene rings is 1. The number of amides is 1. The van der Waals surface area contributed by atoms with Gasteiger partial charge in [0.15, 0.2) is 9.84 Å². The second-order valence-electron chi connectivity index (χ2n) is 5.27. The Kier molecular flexibility index (Phi) is 4.37. The average molecular weight is 285 g/mol. The van der Waals surface area contributed by atoms with Gasteiger partial charge in [-0.05, 0) is 38.1 Å². The lowest BCUT2D eigenvalue weighted by Crippen LogP contribution is -2.39. The van der Waals surface area contributed by atoms with Crippen molar-refractivity contribution in [2.75, 3.05) is 19.8 Å². The van der Waals surface area contributed by atoms with Gasteiger partial charge in [0.25, 0.3) is 5.91 Å². The van der Waals surface area contributed by atoms with Gasteiger partial charge in [-0.1, -0.05) is 0 Å². The van der Waals surface area contributed by atoms with Crippen LogP contribution < -0.4 is 0 Å². The minimum Gasteiger partial charge on any atom is -0.389 e. The Balaban J connectivity index is 2.90. The average Bonchev–Trinajstić information content (AvgIpc) is 2.24. The van der Waals surface area contributed by atoms with E-state index in [1.54, 1.807) is 20.9 Å². The minimum atomic E-state index is -3.26. The van der Waals surface area contributed by atoms with E-state index in [2.05, 4.69) is 0 Å². The predicted molar refractivity (Wildman–Crippen MR) is 72.8 cm³/mol. The van der Waals surface area contributed by atoms with E-state index in [-0.39, 0.29) is 17.3 Å². The van der Waals surface area contributed by atoms with Crippen molar-refractivity contribution in [3.63, 3.8) is 0 Å². The summed E-state index contributed by atoms with van der Waals surface area (Å²) in [6.07, 6.45) is 1.12. The lowest BCUT2D eigenvalue weighted by molar-refractivity contribution is 0.0368. The number of carbonyl (C=O) groups excluding carboxylic acids is 1. The number of likely N-dealkylation sites (N-methyl/N-ethyl adjacent to an activating group) is 1. The Bertz CT molecular complexity index is 555. The van der Waals surface area contributed by atoms with Gasteiger partial charge in [0.1, 0.15) is 0 Å². The topological polar surface area (TPSA) is 74.7 Å². The summed E-state index contributed by atoms with van der Waals surface area (Å²) in [5, 5.41) is 9.66. The van der Waals surface area contributed by atoms with Crippen molar-refractivity contribution in [3.8, 4) is 0 Å². The molecule has 0 atom stereocenters. The van der Waals surface area contributed by atoms with Gasteiger partial charge in [0.05, 0.1) is 10.5 Å². The normalized spacial score (nSPS) is 12.3. The van der Waals surface area contributed by atoms with Crippen LogP contribution in [0.5, 0.6) is 0 Å². The molecule has 1 aromatic rings. The summed E-state index contributed by atoms with van der Waals surface area (Å²) >= 11 is 0. The Hall–Kier alpha value is -1.40. The van der Waals surface area contributed by atoms with E-state index >= 15 is 0 Å². The van der Waals surface area contributed by atoms with Crippen molar-refractivity contribution in [2.24, 2.45) is 0 Å². The van der Waals surface area contributed by atoms with E-state index in [4.69, 9.17) is 0 Å². The molecule has 0 spiro atoms. The van der Waals surface area contributed by atoms with Crippen LogP contribution in [0.25, 0.3) is 0 Å². The third-order valence-electron chi connectivity index (χ3n) is 2.50. The maximum atomic E-state index is 12.0. The fraction of sp³-hybridized carbons (Fsp3) is 0.462. The lowest BCUT2D eigenvalue weighted by Gasteiger charge is -2.25. The van der Waals surface area contributed by atoms with Crippen molar-refractivity contribution in [1.82, 2.24) is 4.90 Å². The van der Waals surface area contributed by atoms with Crippen molar-refractivity contribution in [1.29, 1.82) is 0 Å². The van der Waals surface area contributed by atoms with E-state index in [0.717, 1.165) is 6.26 Å². The van der Waals surface area contributed by atoms with Crippen LogP contribution in [0.4, 0.5) is 0 Å². The van der Waals surface area contributed by atoms with Crippen molar-refractivity contribution in [3.05, 3.63) is 29.8 Å². The number of hydrogen-bond donors (Lipinski definition) is 1. The zero-order valence-corrected chi connectivity index (χ0v) is 12.4. The highest BCUT2D eigenvalue weighted by Gasteiger charge is 2.20. The second kappa shape index (κ2) is 5.30. The molecule has 0 fully saturated rings. The molecule has 1 amide bonds. The molecule has 6 heteroatoms. The Morgan fingerprint density at radius 2 is 1.74 bits per heavy atom. The molecule has 1 N–H and O–H groups in total. The summed E-state index contributed by atoms with van der Waals surface area (Å²) in [5.41, 5.74) is -0.587. The van der Waals surface area contributed by atoms with Crippen LogP contribution in [-0.4, -0.2) is 49.8 Å². The van der Waals surface area contributed by atoms with Crippen LogP contribution in [0.15, 0.2) is 29.2 Å². The Labute approximate surface area is 113 Å². The molecule has 0 bridgehead atoms. The monoisotopic (exact) mass is 285 g/mol. The fourth-order valence-electron chi connectivity index (χ4n) is 1.72. The highest BCUT2D eigenvalue weighted by molar-refractivity contribution is 7.90. The predicted octanol–water partition coefficient (Wildman–Crippen LogP) is 0.933. The van der Waals surface area contributed by atoms with E-state index in [1.807, 2.05) is 0 Å². The van der Waals surface area contributed by atoms with Crippen LogP contribution in [0.3, 0.4) is 0 Å². The quantitative estimate of drug-likeness (QED) is 0.893. The Morgan fingerprint density at radius 1 is 1.26 bits per heavy atom. The summed E-state index contributed by atoms with van der Waals surface area (Å²) in [7, 11) is -1.67. The molecule has 0 radical (unpaired) electrons. The van der Waals surface area contributed by atoms with Gasteiger partial charge < -0.3 is 10.0 Å². The van der Waals surface area contributed by atoms with Crippen LogP contribution >= 0.6 is 0 Å². The van der Waals surface area contributed by atoms with Gasteiger partial charge in [-0.25, -0.2) is 8.42 Å². The van der Waals surface area contributed by atoms with Crippen LogP contribution in [0.1, 0.15) is 24.2 Å². The minimum absolute atomic E-state index is 0.175. The van der Waals surface area contributed by atoms with Crippen molar-refractivity contribution in [2.45, 2.75) is 24.3 Å². The molecule has 1 aromatic carbocycles. The van der Waals surface area contributed by atoms with Gasteiger partial charge in [-0.2, -0.15) is 0 Å². The smallest absolute Gasteiger partial charge is 0.253 e. The largest absolute Gasteiger partial charge is 0.389 e. The Morgan fingerprint density at radius 3 is 2.11 bits per heavy atom. The summed E-state index contributed by atoms with van der Waals surface area (Å²) in [6.45, 7) is 3.42. The van der Waals surface area contributed by atoms with E-state index in [1.165, 1.54) is 29.2 Å². The molecule has 0 heterocycles. The summed E-state index contributed by atoms with van der Waals surface area (Å²) in [5.74, 6) is -0.262. The van der Waals surface area contributed by atoms with Gasteiger partial charge >= 0.3 is 0 Å². The zero-order valence-electron chi connectivity index (χ0n) is 11.5. The molecule has 0 saturated carbocycles. The fourth-order valence-corrected chi connectivity index (χ4v) is 2.35. The molecule has 5 nitrogen and oxygen atoms in total. The summed E-state index contributed by atoms with van der Waals surface area (Å²) in [4.78, 5) is 13.6. The summed E-state index contributed by atoms with van der Waals surface area (Å²) in [6, 6.07) is 5.75. The molecule has 1 rings (SSSR count).